The van der Waals surface area contributed by atoms with Crippen molar-refractivity contribution in [1.29, 1.82) is 5.26 Å². The molecule has 0 radical (unpaired) electrons. The van der Waals surface area contributed by atoms with Gasteiger partial charge in [-0.2, -0.15) is 5.26 Å². The molecule has 0 spiro atoms. The largest absolute Gasteiger partial charge is 0.490 e. The standard InChI is InChI=1S/C21H20FIN4O4/c22-15-2-3-16(14-1-4-18(29)26-19(14)15)31-11-21(30)5-6-27(10-17(21)28)20-12(8-24)7-13(23)9-25-20/h2-3,7,9,17,28,30H,1,4-6,10-11H2,(H,26,29)/t17-,21-/m1/s1. The number of anilines is 2. The Balaban J connectivity index is 1.47. The third-order valence-corrected chi connectivity index (χ3v) is 6.23. The number of piperidine rings is 1. The second-order valence-corrected chi connectivity index (χ2v) is 8.93. The van der Waals surface area contributed by atoms with Crippen molar-refractivity contribution < 1.29 is 24.1 Å². The van der Waals surface area contributed by atoms with E-state index in [1.165, 1.54) is 12.1 Å². The first-order chi connectivity index (χ1) is 14.8. The van der Waals surface area contributed by atoms with Crippen LogP contribution in [0.25, 0.3) is 0 Å². The highest BCUT2D eigenvalue weighted by atomic mass is 127. The first-order valence-electron chi connectivity index (χ1n) is 9.76. The fourth-order valence-electron chi connectivity index (χ4n) is 3.85. The zero-order valence-corrected chi connectivity index (χ0v) is 18.6. The third kappa shape index (κ3) is 4.30. The first-order valence-corrected chi connectivity index (χ1v) is 10.8. The number of halogens is 2. The highest BCUT2D eigenvalue weighted by molar-refractivity contribution is 14.1. The summed E-state index contributed by atoms with van der Waals surface area (Å²) < 4.78 is 20.7. The first kappa shape index (κ1) is 21.7. The van der Waals surface area contributed by atoms with Crippen molar-refractivity contribution in [2.45, 2.75) is 31.0 Å². The Morgan fingerprint density at radius 1 is 1.45 bits per heavy atom. The van der Waals surface area contributed by atoms with Crippen LogP contribution in [-0.2, 0) is 11.2 Å². The number of amides is 1. The van der Waals surface area contributed by atoms with E-state index in [9.17, 15) is 24.7 Å². The van der Waals surface area contributed by atoms with E-state index in [0.29, 0.717) is 35.7 Å². The van der Waals surface area contributed by atoms with E-state index in [1.807, 2.05) is 0 Å². The Morgan fingerprint density at radius 2 is 2.26 bits per heavy atom. The van der Waals surface area contributed by atoms with Gasteiger partial charge in [-0.25, -0.2) is 9.37 Å². The number of fused-ring (bicyclic) bond motifs is 1. The van der Waals surface area contributed by atoms with E-state index in [2.05, 4.69) is 39.0 Å². The van der Waals surface area contributed by atoms with Crippen molar-refractivity contribution >= 4 is 40.0 Å². The topological polar surface area (TPSA) is 119 Å². The summed E-state index contributed by atoms with van der Waals surface area (Å²) >= 11 is 2.08. The molecule has 1 aromatic carbocycles. The van der Waals surface area contributed by atoms with Gasteiger partial charge < -0.3 is 25.2 Å². The van der Waals surface area contributed by atoms with Gasteiger partial charge in [0.05, 0.1) is 11.3 Å². The van der Waals surface area contributed by atoms with Crippen LogP contribution in [0.5, 0.6) is 5.75 Å². The molecule has 2 aliphatic rings. The molecule has 0 saturated carbocycles. The maximum atomic E-state index is 14.1. The van der Waals surface area contributed by atoms with Crippen LogP contribution >= 0.6 is 22.6 Å². The molecule has 8 nitrogen and oxygen atoms in total. The summed E-state index contributed by atoms with van der Waals surface area (Å²) in [6.45, 7) is 0.260. The molecule has 31 heavy (non-hydrogen) atoms. The van der Waals surface area contributed by atoms with E-state index in [1.54, 1.807) is 17.2 Å². The summed E-state index contributed by atoms with van der Waals surface area (Å²) in [5.74, 6) is 0.0329. The van der Waals surface area contributed by atoms with Gasteiger partial charge in [-0.3, -0.25) is 4.79 Å². The number of pyridine rings is 1. The number of rotatable bonds is 4. The number of hydrogen-bond acceptors (Lipinski definition) is 7. The quantitative estimate of drug-likeness (QED) is 0.510. The van der Waals surface area contributed by atoms with Gasteiger partial charge in [0.2, 0.25) is 5.91 Å². The number of benzene rings is 1. The predicted octanol–water partition coefficient (Wildman–Crippen LogP) is 1.96. The SMILES string of the molecule is N#Cc1cc(I)cnc1N1CC[C@@](O)(COc2ccc(F)c3c2CCC(=O)N3)[C@H](O)C1. The fraction of sp³-hybridized carbons (Fsp3) is 0.381. The van der Waals surface area contributed by atoms with Crippen molar-refractivity contribution in [3.05, 3.63) is 44.9 Å². The van der Waals surface area contributed by atoms with Crippen LogP contribution < -0.4 is 15.0 Å². The Labute approximate surface area is 191 Å². The number of β-amino-alcohol motifs (C(OH)–C–C–N with tert-alkyl or cyclic N) is 1. The van der Waals surface area contributed by atoms with Crippen molar-refractivity contribution in [2.24, 2.45) is 0 Å². The fourth-order valence-corrected chi connectivity index (χ4v) is 4.30. The van der Waals surface area contributed by atoms with Crippen LogP contribution in [-0.4, -0.2) is 52.5 Å². The smallest absolute Gasteiger partial charge is 0.224 e. The monoisotopic (exact) mass is 538 g/mol. The third-order valence-electron chi connectivity index (χ3n) is 5.64. The number of nitrogens with one attached hydrogen (secondary N) is 1. The van der Waals surface area contributed by atoms with Gasteiger partial charge in [0, 0.05) is 34.8 Å². The summed E-state index contributed by atoms with van der Waals surface area (Å²) in [5, 5.41) is 33.6. The minimum Gasteiger partial charge on any atom is -0.490 e. The maximum Gasteiger partial charge on any atom is 0.224 e. The lowest BCUT2D eigenvalue weighted by atomic mass is 9.89. The number of ether oxygens (including phenoxy) is 1. The summed E-state index contributed by atoms with van der Waals surface area (Å²) in [6.07, 6.45) is 1.23. The molecule has 0 bridgehead atoms. The van der Waals surface area contributed by atoms with Gasteiger partial charge in [-0.15, -0.1) is 0 Å². The van der Waals surface area contributed by atoms with Crippen molar-refractivity contribution in [3.8, 4) is 11.8 Å². The molecule has 162 valence electrons. The predicted molar refractivity (Wildman–Crippen MR) is 118 cm³/mol. The van der Waals surface area contributed by atoms with Crippen LogP contribution in [0.4, 0.5) is 15.9 Å². The van der Waals surface area contributed by atoms with Crippen molar-refractivity contribution in [1.82, 2.24) is 4.98 Å². The molecule has 1 saturated heterocycles. The zero-order chi connectivity index (χ0) is 22.2. The number of hydrogen-bond donors (Lipinski definition) is 3. The number of carbonyl (C=O) groups excluding carboxylic acids is 1. The van der Waals surface area contributed by atoms with Crippen molar-refractivity contribution in [2.75, 3.05) is 29.9 Å². The molecule has 2 aromatic rings. The van der Waals surface area contributed by atoms with Crippen LogP contribution in [0.1, 0.15) is 24.0 Å². The average molecular weight is 538 g/mol. The maximum absolute atomic E-state index is 14.1. The zero-order valence-electron chi connectivity index (χ0n) is 16.4. The van der Waals surface area contributed by atoms with E-state index in [0.717, 1.165) is 3.57 Å². The molecule has 4 rings (SSSR count). The second kappa shape index (κ2) is 8.57. The van der Waals surface area contributed by atoms with Gasteiger partial charge in [0.25, 0.3) is 0 Å². The van der Waals surface area contributed by atoms with Crippen LogP contribution in [0.3, 0.4) is 0 Å². The van der Waals surface area contributed by atoms with Gasteiger partial charge in [-0.1, -0.05) is 0 Å². The number of carbonyl (C=O) groups is 1. The number of nitrogens with zero attached hydrogens (tertiary/aromatic N) is 3. The Kier molecular flexibility index (Phi) is 6.00. The summed E-state index contributed by atoms with van der Waals surface area (Å²) in [7, 11) is 0. The molecule has 2 aliphatic heterocycles. The highest BCUT2D eigenvalue weighted by Crippen LogP contribution is 2.35. The van der Waals surface area contributed by atoms with Crippen LogP contribution in [0.2, 0.25) is 0 Å². The molecule has 0 aliphatic carbocycles. The van der Waals surface area contributed by atoms with Crippen LogP contribution in [0.15, 0.2) is 24.4 Å². The minimum atomic E-state index is -1.52. The summed E-state index contributed by atoms with van der Waals surface area (Å²) in [5.41, 5.74) is -0.478. The Hall–Kier alpha value is -2.49. The number of aliphatic hydroxyl groups excluding tert-OH is 1. The number of aliphatic hydroxyl groups is 2. The molecule has 3 heterocycles. The molecular formula is C21H20FIN4O4. The van der Waals surface area contributed by atoms with Gasteiger partial charge in [-0.05, 0) is 53.6 Å². The van der Waals surface area contributed by atoms with Gasteiger partial charge in [0.15, 0.2) is 0 Å². The van der Waals surface area contributed by atoms with E-state index < -0.39 is 17.5 Å². The summed E-state index contributed by atoms with van der Waals surface area (Å²) in [6, 6.07) is 6.50. The minimum absolute atomic E-state index is 0.0831. The van der Waals surface area contributed by atoms with Crippen LogP contribution in [0, 0.1) is 20.7 Å². The molecule has 2 atom stereocenters. The molecule has 1 aromatic heterocycles. The lowest BCUT2D eigenvalue weighted by Gasteiger charge is -2.42. The van der Waals surface area contributed by atoms with E-state index >= 15 is 0 Å². The lowest BCUT2D eigenvalue weighted by molar-refractivity contribution is -0.116. The Bertz CT molecular complexity index is 1080. The normalized spacial score (nSPS) is 23.0. The van der Waals surface area contributed by atoms with Gasteiger partial charge in [0.1, 0.15) is 41.8 Å². The second-order valence-electron chi connectivity index (χ2n) is 7.69. The Morgan fingerprint density at radius 3 is 3.00 bits per heavy atom. The molecule has 1 fully saturated rings. The summed E-state index contributed by atoms with van der Waals surface area (Å²) in [4.78, 5) is 17.7. The van der Waals surface area contributed by atoms with Gasteiger partial charge >= 0.3 is 0 Å². The molecule has 10 heteroatoms. The number of aromatic nitrogens is 1. The highest BCUT2D eigenvalue weighted by Gasteiger charge is 2.42. The van der Waals surface area contributed by atoms with E-state index in [-0.39, 0.29) is 37.6 Å². The van der Waals surface area contributed by atoms with Crippen molar-refractivity contribution in [3.63, 3.8) is 0 Å². The van der Waals surface area contributed by atoms with E-state index in [4.69, 9.17) is 4.74 Å². The molecular weight excluding hydrogens is 518 g/mol. The average Bonchev–Trinajstić information content (AvgIpc) is 2.75. The number of nitriles is 1. The molecule has 1 amide bonds. The lowest BCUT2D eigenvalue weighted by Crippen LogP contribution is -2.58. The molecule has 3 N–H and O–H groups in total. The molecule has 0 unspecified atom stereocenters.